The lowest BCUT2D eigenvalue weighted by atomic mass is 10.2. The Kier molecular flexibility index (Phi) is 9.52. The summed E-state index contributed by atoms with van der Waals surface area (Å²) in [6, 6.07) is 0.237. The van der Waals surface area contributed by atoms with Gasteiger partial charge in [-0.2, -0.15) is 0 Å². The van der Waals surface area contributed by atoms with E-state index >= 15 is 0 Å². The number of rotatable bonds is 9. The minimum absolute atomic E-state index is 0.0397. The minimum atomic E-state index is -0.747. The molecule has 2 unspecified atom stereocenters. The summed E-state index contributed by atoms with van der Waals surface area (Å²) in [5, 5.41) is 5.96. The number of carbonyl (C=O) groups is 1. The van der Waals surface area contributed by atoms with E-state index in [9.17, 15) is 9.00 Å². The number of hydrogen-bond acceptors (Lipinski definition) is 3. The van der Waals surface area contributed by atoms with E-state index in [1.165, 1.54) is 0 Å². The first kappa shape index (κ1) is 15.6. The maximum Gasteiger partial charge on any atom is 0.233 e. The Morgan fingerprint density at radius 3 is 2.69 bits per heavy atom. The van der Waals surface area contributed by atoms with Crippen LogP contribution in [0, 0.1) is 0 Å². The van der Waals surface area contributed by atoms with Crippen molar-refractivity contribution in [3.05, 3.63) is 0 Å². The molecule has 5 heteroatoms. The maximum absolute atomic E-state index is 11.3. The van der Waals surface area contributed by atoms with Gasteiger partial charge in [0, 0.05) is 35.4 Å². The van der Waals surface area contributed by atoms with Crippen LogP contribution in [0.25, 0.3) is 0 Å². The first-order valence-corrected chi connectivity index (χ1v) is 7.59. The average Bonchev–Trinajstić information content (AvgIpc) is 2.24. The first-order valence-electron chi connectivity index (χ1n) is 5.86. The molecule has 0 rings (SSSR count). The molecule has 0 bridgehead atoms. The van der Waals surface area contributed by atoms with E-state index in [-0.39, 0.29) is 11.9 Å². The molecule has 0 fully saturated rings. The number of carbonyl (C=O) groups excluding carboxylic acids is 1. The SMILES string of the molecule is CCCCNC(=O)CNC(C)CCS(C)=O. The highest BCUT2D eigenvalue weighted by Gasteiger charge is 2.05. The lowest BCUT2D eigenvalue weighted by molar-refractivity contribution is -0.120. The summed E-state index contributed by atoms with van der Waals surface area (Å²) in [7, 11) is -0.747. The van der Waals surface area contributed by atoms with Crippen molar-refractivity contribution in [3.63, 3.8) is 0 Å². The third-order valence-corrected chi connectivity index (χ3v) is 3.11. The molecular formula is C11H24N2O2S. The molecule has 0 heterocycles. The van der Waals surface area contributed by atoms with E-state index in [4.69, 9.17) is 0 Å². The Balaban J connectivity index is 3.47. The summed E-state index contributed by atoms with van der Waals surface area (Å²) in [6.45, 7) is 5.20. The second kappa shape index (κ2) is 9.78. The normalized spacial score (nSPS) is 14.4. The first-order chi connectivity index (χ1) is 7.56. The van der Waals surface area contributed by atoms with Crippen molar-refractivity contribution in [2.24, 2.45) is 0 Å². The van der Waals surface area contributed by atoms with Crippen LogP contribution in [0.1, 0.15) is 33.1 Å². The van der Waals surface area contributed by atoms with E-state index in [1.54, 1.807) is 6.26 Å². The lowest BCUT2D eigenvalue weighted by Crippen LogP contribution is -2.38. The van der Waals surface area contributed by atoms with Crippen LogP contribution in [0.3, 0.4) is 0 Å². The van der Waals surface area contributed by atoms with Crippen LogP contribution in [0.2, 0.25) is 0 Å². The van der Waals surface area contributed by atoms with Gasteiger partial charge in [0.05, 0.1) is 6.54 Å². The van der Waals surface area contributed by atoms with Crippen molar-refractivity contribution in [2.45, 2.75) is 39.2 Å². The highest BCUT2D eigenvalue weighted by atomic mass is 32.2. The van der Waals surface area contributed by atoms with Crippen molar-refractivity contribution in [3.8, 4) is 0 Å². The summed E-state index contributed by atoms with van der Waals surface area (Å²) < 4.78 is 10.9. The predicted octanol–water partition coefficient (Wildman–Crippen LogP) is 0.649. The molecule has 0 spiro atoms. The molecule has 0 aromatic heterocycles. The summed E-state index contributed by atoms with van der Waals surface area (Å²) in [5.74, 6) is 0.726. The largest absolute Gasteiger partial charge is 0.355 e. The molecule has 0 radical (unpaired) electrons. The molecule has 1 amide bonds. The number of hydrogen-bond donors (Lipinski definition) is 2. The Morgan fingerprint density at radius 2 is 2.12 bits per heavy atom. The quantitative estimate of drug-likeness (QED) is 0.589. The minimum Gasteiger partial charge on any atom is -0.355 e. The van der Waals surface area contributed by atoms with Crippen LogP contribution in [0.15, 0.2) is 0 Å². The predicted molar refractivity (Wildman–Crippen MR) is 68.9 cm³/mol. The van der Waals surface area contributed by atoms with E-state index in [0.29, 0.717) is 12.3 Å². The van der Waals surface area contributed by atoms with Gasteiger partial charge >= 0.3 is 0 Å². The number of nitrogens with one attached hydrogen (secondary N) is 2. The van der Waals surface area contributed by atoms with Crippen molar-refractivity contribution in [1.82, 2.24) is 10.6 Å². The summed E-state index contributed by atoms with van der Waals surface area (Å²) in [4.78, 5) is 11.3. The van der Waals surface area contributed by atoms with Crippen LogP contribution in [-0.4, -0.2) is 41.3 Å². The van der Waals surface area contributed by atoms with Gasteiger partial charge < -0.3 is 10.6 Å². The summed E-state index contributed by atoms with van der Waals surface area (Å²) in [5.41, 5.74) is 0. The van der Waals surface area contributed by atoms with Gasteiger partial charge in [-0.3, -0.25) is 9.00 Å². The second-order valence-corrected chi connectivity index (χ2v) is 5.61. The van der Waals surface area contributed by atoms with Crippen molar-refractivity contribution in [1.29, 1.82) is 0 Å². The number of unbranched alkanes of at least 4 members (excludes halogenated alkanes) is 1. The molecular weight excluding hydrogens is 224 g/mol. The van der Waals surface area contributed by atoms with Gasteiger partial charge in [-0.15, -0.1) is 0 Å². The van der Waals surface area contributed by atoms with Crippen LogP contribution < -0.4 is 10.6 Å². The Labute approximate surface area is 101 Å². The molecule has 0 aliphatic carbocycles. The van der Waals surface area contributed by atoms with Crippen molar-refractivity contribution >= 4 is 16.7 Å². The standard InChI is InChI=1S/C11H24N2O2S/c1-4-5-7-12-11(14)9-13-10(2)6-8-16(3)15/h10,13H,4-9H2,1-3H3,(H,12,14). The fraction of sp³-hybridized carbons (Fsp3) is 0.909. The maximum atomic E-state index is 11.3. The van der Waals surface area contributed by atoms with E-state index in [0.717, 1.165) is 25.8 Å². The van der Waals surface area contributed by atoms with Gasteiger partial charge in [0.15, 0.2) is 0 Å². The smallest absolute Gasteiger partial charge is 0.233 e. The Bertz CT molecular complexity index is 222. The van der Waals surface area contributed by atoms with Crippen molar-refractivity contribution in [2.75, 3.05) is 25.1 Å². The molecule has 4 nitrogen and oxygen atoms in total. The van der Waals surface area contributed by atoms with Gasteiger partial charge in [-0.25, -0.2) is 0 Å². The molecule has 16 heavy (non-hydrogen) atoms. The molecule has 96 valence electrons. The van der Waals surface area contributed by atoms with Gasteiger partial charge in [0.1, 0.15) is 0 Å². The average molecular weight is 248 g/mol. The number of amides is 1. The fourth-order valence-electron chi connectivity index (χ4n) is 1.18. The summed E-state index contributed by atoms with van der Waals surface area (Å²) in [6.07, 6.45) is 4.65. The molecule has 2 N–H and O–H groups in total. The molecule has 0 aliphatic heterocycles. The topological polar surface area (TPSA) is 58.2 Å². The van der Waals surface area contributed by atoms with Crippen LogP contribution in [0.4, 0.5) is 0 Å². The monoisotopic (exact) mass is 248 g/mol. The molecule has 0 aliphatic rings. The van der Waals surface area contributed by atoms with Gasteiger partial charge in [0.25, 0.3) is 0 Å². The second-order valence-electron chi connectivity index (χ2n) is 4.05. The van der Waals surface area contributed by atoms with Crippen molar-refractivity contribution < 1.29 is 9.00 Å². The molecule has 0 aromatic rings. The Morgan fingerprint density at radius 1 is 1.44 bits per heavy atom. The molecule has 0 aromatic carbocycles. The van der Waals surface area contributed by atoms with E-state index in [2.05, 4.69) is 17.6 Å². The fourth-order valence-corrected chi connectivity index (χ4v) is 1.86. The van der Waals surface area contributed by atoms with Crippen LogP contribution in [-0.2, 0) is 15.6 Å². The molecule has 2 atom stereocenters. The van der Waals surface area contributed by atoms with Crippen LogP contribution >= 0.6 is 0 Å². The van der Waals surface area contributed by atoms with E-state index in [1.807, 2.05) is 6.92 Å². The zero-order valence-corrected chi connectivity index (χ0v) is 11.4. The highest BCUT2D eigenvalue weighted by Crippen LogP contribution is 1.92. The zero-order chi connectivity index (χ0) is 12.4. The highest BCUT2D eigenvalue weighted by molar-refractivity contribution is 7.84. The Hall–Kier alpha value is -0.420. The zero-order valence-electron chi connectivity index (χ0n) is 10.5. The van der Waals surface area contributed by atoms with Gasteiger partial charge in [-0.1, -0.05) is 13.3 Å². The third kappa shape index (κ3) is 10.1. The summed E-state index contributed by atoms with van der Waals surface area (Å²) >= 11 is 0. The lowest BCUT2D eigenvalue weighted by Gasteiger charge is -2.12. The van der Waals surface area contributed by atoms with Crippen LogP contribution in [0.5, 0.6) is 0 Å². The van der Waals surface area contributed by atoms with Gasteiger partial charge in [-0.05, 0) is 19.8 Å². The van der Waals surface area contributed by atoms with E-state index < -0.39 is 10.8 Å². The van der Waals surface area contributed by atoms with Gasteiger partial charge in [0.2, 0.25) is 5.91 Å². The molecule has 0 saturated carbocycles. The molecule has 0 saturated heterocycles. The third-order valence-electron chi connectivity index (χ3n) is 2.30.